The molecule has 4 rings (SSSR count). The van der Waals surface area contributed by atoms with E-state index in [1.165, 1.54) is 0 Å². The van der Waals surface area contributed by atoms with Crippen LogP contribution >= 0.6 is 0 Å². The van der Waals surface area contributed by atoms with E-state index in [4.69, 9.17) is 10.5 Å². The first kappa shape index (κ1) is 19.1. The molecule has 2 amide bonds. The van der Waals surface area contributed by atoms with Gasteiger partial charge in [0.1, 0.15) is 6.04 Å². The molecular formula is C22H24N4O3. The summed E-state index contributed by atoms with van der Waals surface area (Å²) in [5, 5.41) is 8.03. The second-order valence-electron chi connectivity index (χ2n) is 7.26. The minimum Gasteiger partial charge on any atom is -0.376 e. The van der Waals surface area contributed by atoms with Crippen molar-refractivity contribution in [2.24, 2.45) is 5.73 Å². The van der Waals surface area contributed by atoms with E-state index >= 15 is 0 Å². The van der Waals surface area contributed by atoms with Crippen molar-refractivity contribution in [3.05, 3.63) is 65.9 Å². The van der Waals surface area contributed by atoms with Gasteiger partial charge in [0.05, 0.1) is 18.2 Å². The van der Waals surface area contributed by atoms with Crippen LogP contribution in [0.4, 0.5) is 0 Å². The molecule has 0 radical (unpaired) electrons. The van der Waals surface area contributed by atoms with Crippen molar-refractivity contribution in [2.75, 3.05) is 6.61 Å². The highest BCUT2D eigenvalue weighted by molar-refractivity contribution is 6.06. The molecule has 150 valence electrons. The number of primary amides is 1. The van der Waals surface area contributed by atoms with Crippen molar-refractivity contribution in [3.8, 4) is 0 Å². The number of para-hydroxylation sites is 1. The number of nitrogens with zero attached hydrogens (tertiary/aromatic N) is 2. The average molecular weight is 392 g/mol. The number of rotatable bonds is 6. The summed E-state index contributed by atoms with van der Waals surface area (Å²) in [5.41, 5.74) is 7.31. The maximum Gasteiger partial charge on any atom is 0.273 e. The molecule has 3 N–H and O–H groups in total. The number of aromatic nitrogens is 2. The zero-order chi connectivity index (χ0) is 20.2. The molecule has 7 nitrogen and oxygen atoms in total. The normalized spacial score (nSPS) is 17.7. The van der Waals surface area contributed by atoms with Crippen LogP contribution in [0.25, 0.3) is 10.9 Å². The Morgan fingerprint density at radius 2 is 1.90 bits per heavy atom. The summed E-state index contributed by atoms with van der Waals surface area (Å²) < 4.78 is 7.65. The Balaban J connectivity index is 1.62. The van der Waals surface area contributed by atoms with Crippen LogP contribution in [0.3, 0.4) is 0 Å². The molecule has 0 saturated carbocycles. The van der Waals surface area contributed by atoms with Gasteiger partial charge in [0.2, 0.25) is 5.91 Å². The van der Waals surface area contributed by atoms with Gasteiger partial charge in [0.25, 0.3) is 5.91 Å². The van der Waals surface area contributed by atoms with Crippen molar-refractivity contribution in [1.82, 2.24) is 15.1 Å². The number of carbonyl (C=O) groups is 2. The largest absolute Gasteiger partial charge is 0.376 e. The molecule has 2 atom stereocenters. The lowest BCUT2D eigenvalue weighted by Gasteiger charge is -2.22. The van der Waals surface area contributed by atoms with Gasteiger partial charge in [-0.3, -0.25) is 14.3 Å². The first-order chi connectivity index (χ1) is 14.1. The van der Waals surface area contributed by atoms with Gasteiger partial charge >= 0.3 is 0 Å². The number of amides is 2. The monoisotopic (exact) mass is 392 g/mol. The van der Waals surface area contributed by atoms with Crippen LogP contribution in [-0.4, -0.2) is 34.3 Å². The molecule has 0 bridgehead atoms. The molecule has 1 aliphatic rings. The fourth-order valence-corrected chi connectivity index (χ4v) is 3.74. The van der Waals surface area contributed by atoms with Crippen LogP contribution in [0.2, 0.25) is 0 Å². The second kappa shape index (κ2) is 8.45. The van der Waals surface area contributed by atoms with Crippen LogP contribution in [0.1, 0.15) is 41.4 Å². The number of benzene rings is 2. The smallest absolute Gasteiger partial charge is 0.273 e. The molecule has 7 heteroatoms. The lowest BCUT2D eigenvalue weighted by atomic mass is 10.1. The summed E-state index contributed by atoms with van der Waals surface area (Å²) in [6, 6.07) is 15.6. The molecule has 29 heavy (non-hydrogen) atoms. The Morgan fingerprint density at radius 3 is 2.62 bits per heavy atom. The average Bonchev–Trinajstić information content (AvgIpc) is 3.12. The zero-order valence-corrected chi connectivity index (χ0v) is 16.1. The highest BCUT2D eigenvalue weighted by Gasteiger charge is 2.25. The third kappa shape index (κ3) is 4.14. The maximum atomic E-state index is 13.0. The van der Waals surface area contributed by atoms with E-state index in [2.05, 4.69) is 10.4 Å². The first-order valence-corrected chi connectivity index (χ1v) is 9.86. The van der Waals surface area contributed by atoms with E-state index in [-0.39, 0.29) is 11.8 Å². The van der Waals surface area contributed by atoms with E-state index in [1.54, 1.807) is 24.3 Å². The first-order valence-electron chi connectivity index (χ1n) is 9.86. The number of hydrogen-bond donors (Lipinski definition) is 2. The lowest BCUT2D eigenvalue weighted by Crippen LogP contribution is -2.37. The van der Waals surface area contributed by atoms with Gasteiger partial charge in [-0.15, -0.1) is 0 Å². The van der Waals surface area contributed by atoms with Crippen LogP contribution in [-0.2, 0) is 16.1 Å². The summed E-state index contributed by atoms with van der Waals surface area (Å²) >= 11 is 0. The van der Waals surface area contributed by atoms with Crippen LogP contribution in [0, 0.1) is 0 Å². The van der Waals surface area contributed by atoms with E-state index in [1.807, 2.05) is 35.0 Å². The molecule has 1 fully saturated rings. The van der Waals surface area contributed by atoms with Crippen LogP contribution in [0.5, 0.6) is 0 Å². The third-order valence-electron chi connectivity index (χ3n) is 5.22. The number of hydrogen-bond acceptors (Lipinski definition) is 4. The van der Waals surface area contributed by atoms with E-state index in [9.17, 15) is 9.59 Å². The second-order valence-corrected chi connectivity index (χ2v) is 7.26. The van der Waals surface area contributed by atoms with Gasteiger partial charge in [0, 0.05) is 12.0 Å². The van der Waals surface area contributed by atoms with Gasteiger partial charge in [-0.25, -0.2) is 0 Å². The summed E-state index contributed by atoms with van der Waals surface area (Å²) in [4.78, 5) is 25.0. The highest BCUT2D eigenvalue weighted by atomic mass is 16.5. The van der Waals surface area contributed by atoms with E-state index < -0.39 is 17.9 Å². The number of nitrogens with two attached hydrogens (primary N) is 1. The van der Waals surface area contributed by atoms with Gasteiger partial charge in [0.15, 0.2) is 5.69 Å². The molecule has 1 saturated heterocycles. The predicted octanol–water partition coefficient (Wildman–Crippen LogP) is 2.56. The SMILES string of the molecule is NC(=O)[C@@H](NC(=O)c1nn(CC2CCCCO2)c2ccccc12)c1ccccc1. The Labute approximate surface area is 168 Å². The molecule has 0 spiro atoms. The number of ether oxygens (including phenoxy) is 1. The van der Waals surface area contributed by atoms with Crippen molar-refractivity contribution in [3.63, 3.8) is 0 Å². The number of fused-ring (bicyclic) bond motifs is 1. The number of carbonyl (C=O) groups excluding carboxylic acids is 2. The Bertz CT molecular complexity index is 1010. The molecule has 2 heterocycles. The van der Waals surface area contributed by atoms with Gasteiger partial charge in [-0.1, -0.05) is 48.5 Å². The maximum absolute atomic E-state index is 13.0. The molecule has 1 unspecified atom stereocenters. The Hall–Kier alpha value is -3.19. The summed E-state index contributed by atoms with van der Waals surface area (Å²) in [7, 11) is 0. The Morgan fingerprint density at radius 1 is 1.14 bits per heavy atom. The lowest BCUT2D eigenvalue weighted by molar-refractivity contribution is -0.120. The van der Waals surface area contributed by atoms with Crippen molar-refractivity contribution < 1.29 is 14.3 Å². The molecule has 2 aromatic carbocycles. The Kier molecular flexibility index (Phi) is 5.57. The quantitative estimate of drug-likeness (QED) is 0.673. The zero-order valence-electron chi connectivity index (χ0n) is 16.1. The molecule has 1 aliphatic heterocycles. The van der Waals surface area contributed by atoms with Crippen molar-refractivity contribution >= 4 is 22.7 Å². The van der Waals surface area contributed by atoms with Crippen LogP contribution < -0.4 is 11.1 Å². The third-order valence-corrected chi connectivity index (χ3v) is 5.22. The van der Waals surface area contributed by atoms with Gasteiger partial charge in [-0.05, 0) is 30.9 Å². The minimum atomic E-state index is -0.922. The predicted molar refractivity (Wildman–Crippen MR) is 109 cm³/mol. The summed E-state index contributed by atoms with van der Waals surface area (Å²) in [5.74, 6) is -1.05. The number of nitrogens with one attached hydrogen (secondary N) is 1. The molecular weight excluding hydrogens is 368 g/mol. The molecule has 0 aliphatic carbocycles. The highest BCUT2D eigenvalue weighted by Crippen LogP contribution is 2.22. The standard InChI is InChI=1S/C22H24N4O3/c23-21(27)19(15-8-2-1-3-9-15)24-22(28)20-17-11-4-5-12-18(17)26(25-20)14-16-10-6-7-13-29-16/h1-5,8-9,11-12,16,19H,6-7,10,13-14H2,(H2,23,27)(H,24,28)/t16?,19-/m0/s1. The summed E-state index contributed by atoms with van der Waals surface area (Å²) in [6.07, 6.45) is 3.28. The van der Waals surface area contributed by atoms with Gasteiger partial charge in [-0.2, -0.15) is 5.10 Å². The minimum absolute atomic E-state index is 0.0886. The van der Waals surface area contributed by atoms with Crippen LogP contribution in [0.15, 0.2) is 54.6 Å². The van der Waals surface area contributed by atoms with E-state index in [0.29, 0.717) is 12.1 Å². The van der Waals surface area contributed by atoms with E-state index in [0.717, 1.165) is 36.8 Å². The summed E-state index contributed by atoms with van der Waals surface area (Å²) in [6.45, 7) is 1.35. The van der Waals surface area contributed by atoms with Gasteiger partial charge < -0.3 is 15.8 Å². The molecule has 1 aromatic heterocycles. The topological polar surface area (TPSA) is 99.2 Å². The fraction of sp³-hybridized carbons (Fsp3) is 0.318. The molecule has 3 aromatic rings. The van der Waals surface area contributed by atoms with Crippen molar-refractivity contribution in [2.45, 2.75) is 38.0 Å². The van der Waals surface area contributed by atoms with Crippen molar-refractivity contribution in [1.29, 1.82) is 0 Å². The fourth-order valence-electron chi connectivity index (χ4n) is 3.74.